The van der Waals surface area contributed by atoms with Gasteiger partial charge in [0.2, 0.25) is 0 Å². The number of hydrogen-bond donors (Lipinski definition) is 1. The molecule has 6 heteroatoms. The fourth-order valence-corrected chi connectivity index (χ4v) is 10.4. The highest BCUT2D eigenvalue weighted by molar-refractivity contribution is 5.90. The molecule has 4 bridgehead atoms. The molecule has 3 saturated carbocycles. The Balaban J connectivity index is 1.38. The normalized spacial score (nSPS) is 54.0. The predicted molar refractivity (Wildman–Crippen MR) is 129 cm³/mol. The van der Waals surface area contributed by atoms with Crippen LogP contribution in [0.1, 0.15) is 66.7 Å². The maximum atomic E-state index is 13.5. The molecule has 0 aromatic heterocycles. The summed E-state index contributed by atoms with van der Waals surface area (Å²) in [5.41, 5.74) is -1.68. The number of fused-ring (bicyclic) bond motifs is 3. The zero-order chi connectivity index (χ0) is 24.9. The average molecular weight is 487 g/mol. The van der Waals surface area contributed by atoms with E-state index in [1.165, 1.54) is 0 Å². The Morgan fingerprint density at radius 1 is 1.23 bits per heavy atom. The number of carbonyl (C=O) groups is 2. The number of rotatable bonds is 6. The average Bonchev–Trinajstić information content (AvgIpc) is 3.50. The standard InChI is InChI=1S/C29H42O6/c1-15(2)22-8-19-10-27(13-30)21-7-6-16(3)20(21)11-28(19,29(22,27)26(31)32)14-34-24-9-23-25(18(5)35-24)17(4)12-33-23/h8,13,15-21,23-25H,6-7,9-12,14H2,1-5H3,(H,31,32)/t16-,17+,18-,19?,20-,21-,23+,24-,25-,27?,28?,29?/m1/s1. The largest absolute Gasteiger partial charge is 0.481 e. The molecule has 0 amide bonds. The summed E-state index contributed by atoms with van der Waals surface area (Å²) in [6.07, 6.45) is 7.27. The van der Waals surface area contributed by atoms with E-state index in [-0.39, 0.29) is 30.0 Å². The topological polar surface area (TPSA) is 82.1 Å². The second-order valence-corrected chi connectivity index (χ2v) is 13.2. The maximum absolute atomic E-state index is 13.5. The van der Waals surface area contributed by atoms with Gasteiger partial charge in [0.25, 0.3) is 0 Å². The van der Waals surface area contributed by atoms with E-state index in [4.69, 9.17) is 14.2 Å². The lowest BCUT2D eigenvalue weighted by molar-refractivity contribution is -0.249. The fraction of sp³-hybridized carbons (Fsp3) is 0.862. The van der Waals surface area contributed by atoms with E-state index < -0.39 is 28.5 Å². The van der Waals surface area contributed by atoms with Gasteiger partial charge in [0, 0.05) is 24.4 Å². The number of carboxylic acid groups (broad SMARTS) is 1. The van der Waals surface area contributed by atoms with Gasteiger partial charge in [-0.15, -0.1) is 0 Å². The summed E-state index contributed by atoms with van der Waals surface area (Å²) in [7, 11) is 0. The minimum Gasteiger partial charge on any atom is -0.481 e. The van der Waals surface area contributed by atoms with Crippen LogP contribution >= 0.6 is 0 Å². The molecule has 2 heterocycles. The van der Waals surface area contributed by atoms with Gasteiger partial charge in [0.05, 0.1) is 24.2 Å². The molecule has 0 radical (unpaired) electrons. The number of carboxylic acids is 1. The first-order valence-corrected chi connectivity index (χ1v) is 13.9. The van der Waals surface area contributed by atoms with Gasteiger partial charge in [0.15, 0.2) is 6.29 Å². The summed E-state index contributed by atoms with van der Waals surface area (Å²) in [6.45, 7) is 11.9. The van der Waals surface area contributed by atoms with Gasteiger partial charge >= 0.3 is 5.97 Å². The zero-order valence-electron chi connectivity index (χ0n) is 21.9. The van der Waals surface area contributed by atoms with Crippen molar-refractivity contribution in [3.63, 3.8) is 0 Å². The molecule has 1 N–H and O–H groups in total. The van der Waals surface area contributed by atoms with Crippen LogP contribution in [0.4, 0.5) is 0 Å². The molecule has 6 aliphatic rings. The second kappa shape index (κ2) is 7.88. The molecule has 6 rings (SSSR count). The first-order chi connectivity index (χ1) is 16.6. The molecule has 194 valence electrons. The second-order valence-electron chi connectivity index (χ2n) is 13.2. The Kier molecular flexibility index (Phi) is 5.43. The number of allylic oxidation sites excluding steroid dienone is 1. The van der Waals surface area contributed by atoms with E-state index in [2.05, 4.69) is 40.7 Å². The summed E-state index contributed by atoms with van der Waals surface area (Å²) < 4.78 is 19.0. The molecule has 4 unspecified atom stereocenters. The Bertz CT molecular complexity index is 943. The van der Waals surface area contributed by atoms with Crippen molar-refractivity contribution in [1.29, 1.82) is 0 Å². The van der Waals surface area contributed by atoms with Crippen LogP contribution in [-0.4, -0.2) is 49.1 Å². The van der Waals surface area contributed by atoms with Crippen LogP contribution in [0.3, 0.4) is 0 Å². The number of carbonyl (C=O) groups excluding carboxylic acids is 1. The van der Waals surface area contributed by atoms with Crippen LogP contribution in [0.25, 0.3) is 0 Å². The Morgan fingerprint density at radius 3 is 2.69 bits per heavy atom. The Labute approximate surface area is 209 Å². The summed E-state index contributed by atoms with van der Waals surface area (Å²) in [4.78, 5) is 26.7. The lowest BCUT2D eigenvalue weighted by Gasteiger charge is -2.58. The van der Waals surface area contributed by atoms with E-state index in [0.29, 0.717) is 43.1 Å². The molecular weight excluding hydrogens is 444 g/mol. The molecule has 0 aromatic carbocycles. The van der Waals surface area contributed by atoms with Crippen molar-refractivity contribution >= 4 is 12.3 Å². The van der Waals surface area contributed by atoms with Gasteiger partial charge in [-0.25, -0.2) is 0 Å². The minimum absolute atomic E-state index is 0.0477. The molecule has 4 aliphatic carbocycles. The number of ether oxygens (including phenoxy) is 3. The predicted octanol–water partition coefficient (Wildman–Crippen LogP) is 4.71. The fourth-order valence-electron chi connectivity index (χ4n) is 10.4. The highest BCUT2D eigenvalue weighted by Gasteiger charge is 2.84. The van der Waals surface area contributed by atoms with E-state index in [9.17, 15) is 14.7 Å². The van der Waals surface area contributed by atoms with Crippen molar-refractivity contribution in [2.45, 2.75) is 85.2 Å². The summed E-state index contributed by atoms with van der Waals surface area (Å²) in [6, 6.07) is 0. The zero-order valence-corrected chi connectivity index (χ0v) is 21.9. The van der Waals surface area contributed by atoms with E-state index in [0.717, 1.165) is 37.7 Å². The SMILES string of the molecule is CC(C)C1=CC2CC3(C=O)[C@@H]4CC[C@@H](C)[C@H]4CC2(CO[C@H]2C[C@@H]4OC[C@H](C)[C@@H]4[C@@H](C)O2)C13C(=O)O. The highest BCUT2D eigenvalue weighted by atomic mass is 16.7. The van der Waals surface area contributed by atoms with Crippen molar-refractivity contribution in [1.82, 2.24) is 0 Å². The van der Waals surface area contributed by atoms with Crippen molar-refractivity contribution in [3.8, 4) is 0 Å². The Morgan fingerprint density at radius 2 is 2.00 bits per heavy atom. The molecule has 0 aromatic rings. The van der Waals surface area contributed by atoms with Gasteiger partial charge in [0.1, 0.15) is 11.7 Å². The lowest BCUT2D eigenvalue weighted by Crippen LogP contribution is -2.63. The molecule has 35 heavy (non-hydrogen) atoms. The number of hydrogen-bond acceptors (Lipinski definition) is 5. The van der Waals surface area contributed by atoms with Gasteiger partial charge in [-0.05, 0) is 61.7 Å². The number of aliphatic carboxylic acids is 1. The smallest absolute Gasteiger partial charge is 0.315 e. The van der Waals surface area contributed by atoms with Crippen molar-refractivity contribution in [2.75, 3.05) is 13.2 Å². The van der Waals surface area contributed by atoms with Crippen molar-refractivity contribution in [2.24, 2.45) is 57.7 Å². The van der Waals surface area contributed by atoms with E-state index in [1.54, 1.807) is 0 Å². The summed E-state index contributed by atoms with van der Waals surface area (Å²) >= 11 is 0. The lowest BCUT2D eigenvalue weighted by atomic mass is 9.43. The van der Waals surface area contributed by atoms with Gasteiger partial charge in [-0.2, -0.15) is 0 Å². The molecule has 0 spiro atoms. The maximum Gasteiger partial charge on any atom is 0.315 e. The van der Waals surface area contributed by atoms with Gasteiger partial charge in [-0.1, -0.05) is 45.8 Å². The van der Waals surface area contributed by atoms with Crippen LogP contribution in [0.2, 0.25) is 0 Å². The Hall–Kier alpha value is -1.24. The highest BCUT2D eigenvalue weighted by Crippen LogP contribution is 2.82. The quantitative estimate of drug-likeness (QED) is 0.432. The van der Waals surface area contributed by atoms with Crippen LogP contribution < -0.4 is 0 Å². The molecule has 12 atom stereocenters. The third-order valence-electron chi connectivity index (χ3n) is 11.6. The van der Waals surface area contributed by atoms with E-state index in [1.807, 2.05) is 0 Å². The monoisotopic (exact) mass is 486 g/mol. The summed E-state index contributed by atoms with van der Waals surface area (Å²) in [5, 5.41) is 11.1. The van der Waals surface area contributed by atoms with Crippen LogP contribution in [0.5, 0.6) is 0 Å². The number of aldehydes is 1. The van der Waals surface area contributed by atoms with Crippen molar-refractivity contribution < 1.29 is 28.9 Å². The molecule has 5 fully saturated rings. The first-order valence-electron chi connectivity index (χ1n) is 13.9. The minimum atomic E-state index is -1.19. The summed E-state index contributed by atoms with van der Waals surface area (Å²) in [5.74, 6) is 1.18. The van der Waals surface area contributed by atoms with Crippen molar-refractivity contribution in [3.05, 3.63) is 11.6 Å². The van der Waals surface area contributed by atoms with Gasteiger partial charge in [-0.3, -0.25) is 4.79 Å². The van der Waals surface area contributed by atoms with Crippen LogP contribution in [0.15, 0.2) is 11.6 Å². The molecule has 2 aliphatic heterocycles. The van der Waals surface area contributed by atoms with Crippen LogP contribution in [0, 0.1) is 57.7 Å². The third-order valence-corrected chi connectivity index (χ3v) is 11.6. The molecule has 2 saturated heterocycles. The van der Waals surface area contributed by atoms with Crippen LogP contribution in [-0.2, 0) is 23.8 Å². The third kappa shape index (κ3) is 2.77. The first kappa shape index (κ1) is 24.1. The van der Waals surface area contributed by atoms with E-state index >= 15 is 0 Å². The van der Waals surface area contributed by atoms with Gasteiger partial charge < -0.3 is 24.1 Å². The molecule has 6 nitrogen and oxygen atoms in total. The molecular formula is C29H42O6.